The molecule has 114 valence electrons. The van der Waals surface area contributed by atoms with Gasteiger partial charge in [-0.2, -0.15) is 0 Å². The largest absolute Gasteiger partial charge is 0.573 e. The molecule has 0 saturated carbocycles. The maximum Gasteiger partial charge on any atom is 0.573 e. The van der Waals surface area contributed by atoms with Crippen molar-refractivity contribution in [3.8, 4) is 5.75 Å². The third-order valence-corrected chi connectivity index (χ3v) is 2.47. The number of hydrogen-bond donors (Lipinski definition) is 1. The Labute approximate surface area is 124 Å². The number of aromatic nitrogens is 1. The number of rotatable bonds is 4. The van der Waals surface area contributed by atoms with Gasteiger partial charge in [0.25, 0.3) is 0 Å². The lowest BCUT2D eigenvalue weighted by molar-refractivity contribution is -0.274. The van der Waals surface area contributed by atoms with Crippen LogP contribution in [0, 0.1) is 0 Å². The van der Waals surface area contributed by atoms with Gasteiger partial charge in [0.1, 0.15) is 5.75 Å². The van der Waals surface area contributed by atoms with E-state index in [-0.39, 0.29) is 11.7 Å². The lowest BCUT2D eigenvalue weighted by Crippen LogP contribution is -2.16. The van der Waals surface area contributed by atoms with Gasteiger partial charge in [-0.3, -0.25) is 9.78 Å². The Balaban J connectivity index is 1.94. The van der Waals surface area contributed by atoms with Gasteiger partial charge in [-0.25, -0.2) is 0 Å². The van der Waals surface area contributed by atoms with E-state index in [0.29, 0.717) is 11.3 Å². The summed E-state index contributed by atoms with van der Waals surface area (Å²) in [6.45, 7) is 0. The van der Waals surface area contributed by atoms with Gasteiger partial charge in [0, 0.05) is 12.3 Å². The Morgan fingerprint density at radius 1 is 1.18 bits per heavy atom. The molecule has 2 rings (SSSR count). The zero-order valence-electron chi connectivity index (χ0n) is 11.2. The number of carbonyl (C=O) groups excluding carboxylic acids is 1. The molecule has 1 N–H and O–H groups in total. The number of amides is 1. The van der Waals surface area contributed by atoms with E-state index in [0.717, 1.165) is 0 Å². The second-order valence-corrected chi connectivity index (χ2v) is 4.18. The van der Waals surface area contributed by atoms with E-state index in [1.54, 1.807) is 18.3 Å². The molecule has 0 aliphatic heterocycles. The summed E-state index contributed by atoms with van der Waals surface area (Å²) in [7, 11) is 0. The number of carbonyl (C=O) groups is 1. The Hall–Kier alpha value is -2.83. The van der Waals surface area contributed by atoms with Crippen molar-refractivity contribution < 1.29 is 22.7 Å². The summed E-state index contributed by atoms with van der Waals surface area (Å²) in [6, 6.07) is 8.53. The van der Waals surface area contributed by atoms with E-state index in [1.807, 2.05) is 0 Å². The number of alkyl halides is 3. The van der Waals surface area contributed by atoms with Gasteiger partial charge in [-0.05, 0) is 35.9 Å². The van der Waals surface area contributed by atoms with Crippen LogP contribution in [0.4, 0.5) is 18.9 Å². The Morgan fingerprint density at radius 3 is 2.50 bits per heavy atom. The molecule has 22 heavy (non-hydrogen) atoms. The van der Waals surface area contributed by atoms with Crippen molar-refractivity contribution in [2.45, 2.75) is 6.36 Å². The van der Waals surface area contributed by atoms with Gasteiger partial charge in [0.2, 0.25) is 5.91 Å². The predicted octanol–water partition coefficient (Wildman–Crippen LogP) is 3.63. The normalized spacial score (nSPS) is 11.4. The van der Waals surface area contributed by atoms with Crippen LogP contribution in [0.25, 0.3) is 6.08 Å². The van der Waals surface area contributed by atoms with E-state index >= 15 is 0 Å². The van der Waals surface area contributed by atoms with Crippen molar-refractivity contribution in [1.82, 2.24) is 4.98 Å². The highest BCUT2D eigenvalue weighted by Gasteiger charge is 2.30. The van der Waals surface area contributed by atoms with E-state index in [9.17, 15) is 18.0 Å². The minimum Gasteiger partial charge on any atom is -0.406 e. The average Bonchev–Trinajstić information content (AvgIpc) is 2.46. The van der Waals surface area contributed by atoms with Gasteiger partial charge in [-0.15, -0.1) is 13.2 Å². The summed E-state index contributed by atoms with van der Waals surface area (Å²) < 4.78 is 39.8. The quantitative estimate of drug-likeness (QED) is 0.878. The topological polar surface area (TPSA) is 51.2 Å². The van der Waals surface area contributed by atoms with Crippen LogP contribution in [-0.2, 0) is 4.79 Å². The number of ether oxygens (including phenoxy) is 1. The molecule has 0 atom stereocenters. The smallest absolute Gasteiger partial charge is 0.406 e. The van der Waals surface area contributed by atoms with Crippen molar-refractivity contribution in [1.29, 1.82) is 0 Å². The van der Waals surface area contributed by atoms with Gasteiger partial charge in [-0.1, -0.05) is 12.1 Å². The zero-order valence-corrected chi connectivity index (χ0v) is 11.2. The highest BCUT2D eigenvalue weighted by molar-refractivity contribution is 6.01. The number of nitrogens with zero attached hydrogens (tertiary/aromatic N) is 1. The van der Waals surface area contributed by atoms with E-state index in [2.05, 4.69) is 15.0 Å². The SMILES string of the molecule is O=C(/C=C/c1ccc(OC(F)(F)F)cc1)Nc1cccnc1. The highest BCUT2D eigenvalue weighted by Crippen LogP contribution is 2.22. The maximum absolute atomic E-state index is 12.0. The van der Waals surface area contributed by atoms with Crippen LogP contribution in [0.3, 0.4) is 0 Å². The molecule has 0 spiro atoms. The molecule has 0 radical (unpaired) electrons. The monoisotopic (exact) mass is 308 g/mol. The molecule has 0 unspecified atom stereocenters. The van der Waals surface area contributed by atoms with Crippen LogP contribution in [-0.4, -0.2) is 17.3 Å². The summed E-state index contributed by atoms with van der Waals surface area (Å²) in [5.74, 6) is -0.687. The number of pyridine rings is 1. The first-order chi connectivity index (χ1) is 10.4. The molecule has 0 aliphatic carbocycles. The van der Waals surface area contributed by atoms with Crippen LogP contribution in [0.5, 0.6) is 5.75 Å². The minimum atomic E-state index is -4.72. The molecule has 1 aromatic heterocycles. The minimum absolute atomic E-state index is 0.315. The highest BCUT2D eigenvalue weighted by atomic mass is 19.4. The van der Waals surface area contributed by atoms with Crippen molar-refractivity contribution >= 4 is 17.7 Å². The average molecular weight is 308 g/mol. The fourth-order valence-electron chi connectivity index (χ4n) is 1.57. The molecule has 1 amide bonds. The van der Waals surface area contributed by atoms with Crippen LogP contribution in [0.1, 0.15) is 5.56 Å². The summed E-state index contributed by atoms with van der Waals surface area (Å²) in [6.07, 6.45) is 1.10. The molecule has 2 aromatic rings. The molecule has 0 bridgehead atoms. The molecule has 1 heterocycles. The molecular weight excluding hydrogens is 297 g/mol. The maximum atomic E-state index is 12.0. The lowest BCUT2D eigenvalue weighted by atomic mass is 10.2. The van der Waals surface area contributed by atoms with Crippen LogP contribution < -0.4 is 10.1 Å². The van der Waals surface area contributed by atoms with Crippen LogP contribution in [0.2, 0.25) is 0 Å². The molecule has 0 saturated heterocycles. The summed E-state index contributed by atoms with van der Waals surface area (Å²) in [5, 5.41) is 2.59. The van der Waals surface area contributed by atoms with Crippen molar-refractivity contribution in [3.63, 3.8) is 0 Å². The molecule has 0 fully saturated rings. The zero-order chi connectivity index (χ0) is 16.0. The van der Waals surface area contributed by atoms with Crippen molar-refractivity contribution in [3.05, 3.63) is 60.4 Å². The molecule has 0 aliphatic rings. The fourth-order valence-corrected chi connectivity index (χ4v) is 1.57. The first-order valence-corrected chi connectivity index (χ1v) is 6.17. The predicted molar refractivity (Wildman–Crippen MR) is 75.0 cm³/mol. The van der Waals surface area contributed by atoms with Gasteiger partial charge < -0.3 is 10.1 Å². The van der Waals surface area contributed by atoms with Crippen LogP contribution in [0.15, 0.2) is 54.9 Å². The first kappa shape index (κ1) is 15.6. The van der Waals surface area contributed by atoms with Gasteiger partial charge in [0.05, 0.1) is 11.9 Å². The fraction of sp³-hybridized carbons (Fsp3) is 0.0667. The van der Waals surface area contributed by atoms with Gasteiger partial charge in [0.15, 0.2) is 0 Å². The first-order valence-electron chi connectivity index (χ1n) is 6.17. The molecule has 7 heteroatoms. The molecule has 1 aromatic carbocycles. The summed E-state index contributed by atoms with van der Waals surface area (Å²) in [4.78, 5) is 15.5. The third-order valence-electron chi connectivity index (χ3n) is 2.47. The van der Waals surface area contributed by atoms with Crippen molar-refractivity contribution in [2.24, 2.45) is 0 Å². The number of hydrogen-bond acceptors (Lipinski definition) is 3. The summed E-state index contributed by atoms with van der Waals surface area (Å²) >= 11 is 0. The lowest BCUT2D eigenvalue weighted by Gasteiger charge is -2.08. The molecular formula is C15H11F3N2O2. The third kappa shape index (κ3) is 5.28. The van der Waals surface area contributed by atoms with Crippen LogP contribution >= 0.6 is 0 Å². The van der Waals surface area contributed by atoms with E-state index in [4.69, 9.17) is 0 Å². The number of anilines is 1. The Kier molecular flexibility index (Phi) is 4.77. The number of halogens is 3. The van der Waals surface area contributed by atoms with E-state index in [1.165, 1.54) is 42.6 Å². The van der Waals surface area contributed by atoms with Crippen molar-refractivity contribution in [2.75, 3.05) is 5.32 Å². The second kappa shape index (κ2) is 6.75. The Bertz CT molecular complexity index is 653. The number of benzene rings is 1. The van der Waals surface area contributed by atoms with Gasteiger partial charge >= 0.3 is 6.36 Å². The summed E-state index contributed by atoms with van der Waals surface area (Å²) in [5.41, 5.74) is 1.11. The Morgan fingerprint density at radius 2 is 1.91 bits per heavy atom. The number of nitrogens with one attached hydrogen (secondary N) is 1. The van der Waals surface area contributed by atoms with E-state index < -0.39 is 6.36 Å². The molecule has 4 nitrogen and oxygen atoms in total. The second-order valence-electron chi connectivity index (χ2n) is 4.18. The standard InChI is InChI=1S/C15H11F3N2O2/c16-15(17,18)22-13-6-3-11(4-7-13)5-8-14(21)20-12-2-1-9-19-10-12/h1-10H,(H,20,21)/b8-5+.